The maximum absolute atomic E-state index is 14.5. The van der Waals surface area contributed by atoms with Crippen molar-refractivity contribution in [1.29, 1.82) is 0 Å². The average Bonchev–Trinajstić information content (AvgIpc) is 2.60. The lowest BCUT2D eigenvalue weighted by Gasteiger charge is -2.28. The number of halogens is 9. The van der Waals surface area contributed by atoms with Crippen LogP contribution in [0.5, 0.6) is 0 Å². The first-order valence-electron chi connectivity index (χ1n) is 8.28. The van der Waals surface area contributed by atoms with Gasteiger partial charge in [0.25, 0.3) is 5.91 Å². The summed E-state index contributed by atoms with van der Waals surface area (Å²) < 4.78 is 124. The summed E-state index contributed by atoms with van der Waals surface area (Å²) in [5, 5.41) is -0.767. The molecule has 3 aromatic rings. The zero-order chi connectivity index (χ0) is 24.2. The molecule has 0 saturated heterocycles. The van der Waals surface area contributed by atoms with Crippen molar-refractivity contribution in [2.45, 2.75) is 18.3 Å². The van der Waals surface area contributed by atoms with Crippen LogP contribution in [-0.4, -0.2) is 27.8 Å². The minimum absolute atomic E-state index is 0.0187. The number of primary amides is 1. The third-order valence-corrected chi connectivity index (χ3v) is 4.35. The first-order valence-corrected chi connectivity index (χ1v) is 8.28. The van der Waals surface area contributed by atoms with Crippen LogP contribution in [0, 0.1) is 17.5 Å². The number of benzene rings is 1. The number of hydrogen-bond donors (Lipinski definition) is 1. The van der Waals surface area contributed by atoms with E-state index >= 15 is 0 Å². The number of hydrogen-bond acceptors (Lipinski definition) is 3. The van der Waals surface area contributed by atoms with Crippen LogP contribution >= 0.6 is 0 Å². The fraction of sp³-hybridized carbons (Fsp3) is 0.167. The summed E-state index contributed by atoms with van der Waals surface area (Å²) in [5.74, 6) is -12.0. The van der Waals surface area contributed by atoms with E-state index in [1.165, 1.54) is 0 Å². The van der Waals surface area contributed by atoms with Gasteiger partial charge in [-0.05, 0) is 12.1 Å². The van der Waals surface area contributed by atoms with Gasteiger partial charge in [0.05, 0.1) is 11.1 Å². The second-order valence-corrected chi connectivity index (χ2v) is 6.40. The summed E-state index contributed by atoms with van der Waals surface area (Å²) in [5.41, 5.74) is -3.46. The van der Waals surface area contributed by atoms with Crippen molar-refractivity contribution < 1.29 is 44.3 Å². The number of fused-ring (bicyclic) bond motifs is 1. The molecule has 2 aromatic heterocycles. The lowest BCUT2D eigenvalue weighted by atomic mass is 9.95. The molecule has 1 aromatic carbocycles. The Morgan fingerprint density at radius 2 is 1.53 bits per heavy atom. The summed E-state index contributed by atoms with van der Waals surface area (Å²) in [6.07, 6.45) is -11.6. The molecular formula is C18H8F9N3O2. The zero-order valence-corrected chi connectivity index (χ0v) is 15.2. The van der Waals surface area contributed by atoms with Crippen LogP contribution in [0.4, 0.5) is 39.5 Å². The summed E-state index contributed by atoms with van der Waals surface area (Å²) in [6.45, 7) is 0. The minimum Gasteiger partial charge on any atom is -0.365 e. The topological polar surface area (TPSA) is 78.0 Å². The second kappa shape index (κ2) is 7.53. The van der Waals surface area contributed by atoms with Crippen LogP contribution in [0.2, 0.25) is 0 Å². The molecule has 0 fully saturated rings. The molecule has 2 N–H and O–H groups in total. The Morgan fingerprint density at radius 3 is 2.00 bits per heavy atom. The molecule has 170 valence electrons. The largest absolute Gasteiger partial charge is 0.405 e. The van der Waals surface area contributed by atoms with Gasteiger partial charge in [-0.15, -0.1) is 0 Å². The molecule has 0 unspecified atom stereocenters. The highest BCUT2D eigenvalue weighted by molar-refractivity contribution is 5.98. The van der Waals surface area contributed by atoms with Gasteiger partial charge in [0, 0.05) is 18.3 Å². The Balaban J connectivity index is 2.74. The molecule has 0 atom stereocenters. The van der Waals surface area contributed by atoms with Crippen molar-refractivity contribution in [3.05, 3.63) is 69.4 Å². The summed E-state index contributed by atoms with van der Waals surface area (Å²) in [6, 6.07) is 1.83. The zero-order valence-electron chi connectivity index (χ0n) is 15.2. The van der Waals surface area contributed by atoms with Crippen molar-refractivity contribution in [2.24, 2.45) is 5.73 Å². The number of alkyl halides is 6. The van der Waals surface area contributed by atoms with E-state index in [0.29, 0.717) is 0 Å². The van der Waals surface area contributed by atoms with Crippen LogP contribution in [0.15, 0.2) is 35.3 Å². The van der Waals surface area contributed by atoms with Gasteiger partial charge in [-0.25, -0.2) is 18.2 Å². The predicted octanol–water partition coefficient (Wildman–Crippen LogP) is 4.11. The van der Waals surface area contributed by atoms with E-state index in [2.05, 4.69) is 4.98 Å². The van der Waals surface area contributed by atoms with Crippen molar-refractivity contribution in [2.75, 3.05) is 0 Å². The van der Waals surface area contributed by atoms with Crippen LogP contribution in [0.1, 0.15) is 22.0 Å². The molecule has 0 radical (unpaired) electrons. The first-order chi connectivity index (χ1) is 14.7. The Hall–Kier alpha value is -3.58. The molecule has 0 saturated carbocycles. The van der Waals surface area contributed by atoms with Crippen LogP contribution in [0.3, 0.4) is 0 Å². The lowest BCUT2D eigenvalue weighted by Crippen LogP contribution is -2.40. The smallest absolute Gasteiger partial charge is 0.365 e. The number of aromatic nitrogens is 2. The van der Waals surface area contributed by atoms with E-state index in [1.807, 2.05) is 0 Å². The van der Waals surface area contributed by atoms with Crippen LogP contribution < -0.4 is 11.2 Å². The fourth-order valence-corrected chi connectivity index (χ4v) is 3.21. The quantitative estimate of drug-likeness (QED) is 0.587. The monoisotopic (exact) mass is 469 g/mol. The molecule has 14 heteroatoms. The van der Waals surface area contributed by atoms with E-state index in [0.717, 1.165) is 18.3 Å². The van der Waals surface area contributed by atoms with E-state index in [1.54, 1.807) is 0 Å². The molecule has 0 aliphatic rings. The summed E-state index contributed by atoms with van der Waals surface area (Å²) >= 11 is 0. The number of amides is 1. The van der Waals surface area contributed by atoms with Crippen molar-refractivity contribution in [3.8, 4) is 5.69 Å². The van der Waals surface area contributed by atoms with E-state index < -0.39 is 75.0 Å². The van der Waals surface area contributed by atoms with Gasteiger partial charge in [-0.1, -0.05) is 0 Å². The van der Waals surface area contributed by atoms with Gasteiger partial charge in [-0.2, -0.15) is 26.3 Å². The van der Waals surface area contributed by atoms with Crippen molar-refractivity contribution in [3.63, 3.8) is 0 Å². The maximum Gasteiger partial charge on any atom is 0.405 e. The van der Waals surface area contributed by atoms with E-state index in [9.17, 15) is 49.1 Å². The number of nitrogens with two attached hydrogens (primary N) is 1. The highest BCUT2D eigenvalue weighted by Gasteiger charge is 2.60. The molecule has 2 heterocycles. The summed E-state index contributed by atoms with van der Waals surface area (Å²) in [7, 11) is 0. The first kappa shape index (κ1) is 23.1. The molecule has 0 aliphatic carbocycles. The number of pyridine rings is 2. The highest BCUT2D eigenvalue weighted by atomic mass is 19.4. The van der Waals surface area contributed by atoms with Gasteiger partial charge in [0.1, 0.15) is 22.7 Å². The van der Waals surface area contributed by atoms with Crippen molar-refractivity contribution >= 4 is 16.9 Å². The molecule has 0 bridgehead atoms. The average molecular weight is 469 g/mol. The van der Waals surface area contributed by atoms with Crippen LogP contribution in [0.25, 0.3) is 16.7 Å². The third-order valence-electron chi connectivity index (χ3n) is 4.35. The lowest BCUT2D eigenvalue weighted by molar-refractivity contribution is -0.254. The third kappa shape index (κ3) is 3.76. The van der Waals surface area contributed by atoms with E-state index in [4.69, 9.17) is 5.73 Å². The minimum atomic E-state index is -6.20. The number of carbonyl (C=O) groups is 1. The molecule has 5 nitrogen and oxygen atoms in total. The Morgan fingerprint density at radius 1 is 1.00 bits per heavy atom. The Labute approximate surface area is 170 Å². The molecule has 0 aliphatic heterocycles. The highest BCUT2D eigenvalue weighted by Crippen LogP contribution is 2.48. The molecule has 32 heavy (non-hydrogen) atoms. The fourth-order valence-electron chi connectivity index (χ4n) is 3.21. The number of carbonyl (C=O) groups excluding carboxylic acids is 1. The van der Waals surface area contributed by atoms with Gasteiger partial charge in [0.2, 0.25) is 5.43 Å². The molecule has 1 amide bonds. The number of rotatable bonds is 3. The van der Waals surface area contributed by atoms with E-state index in [-0.39, 0.29) is 16.7 Å². The maximum atomic E-state index is 14.5. The normalized spacial score (nSPS) is 12.6. The van der Waals surface area contributed by atoms with Gasteiger partial charge < -0.3 is 5.73 Å². The van der Waals surface area contributed by atoms with Crippen LogP contribution in [-0.2, 0) is 0 Å². The molecule has 0 spiro atoms. The second-order valence-electron chi connectivity index (χ2n) is 6.40. The summed E-state index contributed by atoms with van der Waals surface area (Å²) in [4.78, 5) is 28.0. The Kier molecular flexibility index (Phi) is 5.43. The standard InChI is InChI=1S/C18H8F9N3O2/c19-6-4-8(20)11(9(21)5-6)30-12(14(17(22,23)24)18(25,26)27)10(15(28)32)13(31)7-2-1-3-29-16(7)30/h1-5,14H,(H2,28,32). The Bertz CT molecular complexity index is 1260. The van der Waals surface area contributed by atoms with Gasteiger partial charge >= 0.3 is 12.4 Å². The van der Waals surface area contributed by atoms with Gasteiger partial charge in [-0.3, -0.25) is 14.2 Å². The molecule has 3 rings (SSSR count). The SMILES string of the molecule is NC(=O)c1c(C(C(F)(F)F)C(F)(F)F)n(-c2c(F)cc(F)cc2F)c2ncccc2c1=O. The number of nitrogens with zero attached hydrogens (tertiary/aromatic N) is 2. The van der Waals surface area contributed by atoms with Gasteiger partial charge in [0.15, 0.2) is 17.6 Å². The molecular weight excluding hydrogens is 461 g/mol. The predicted molar refractivity (Wildman–Crippen MR) is 90.6 cm³/mol. The van der Waals surface area contributed by atoms with Crippen molar-refractivity contribution in [1.82, 2.24) is 9.55 Å².